The summed E-state index contributed by atoms with van der Waals surface area (Å²) in [7, 11) is 0. The number of hydrogen-bond donors (Lipinski definition) is 2. The molecule has 2 N–H and O–H groups in total. The molecule has 3 rings (SSSR count). The van der Waals surface area contributed by atoms with Crippen molar-refractivity contribution in [1.82, 2.24) is 15.5 Å². The van der Waals surface area contributed by atoms with Gasteiger partial charge in [0.05, 0.1) is 0 Å². The van der Waals surface area contributed by atoms with Crippen molar-refractivity contribution in [3.63, 3.8) is 0 Å². The summed E-state index contributed by atoms with van der Waals surface area (Å²) in [6.45, 7) is 7.02. The monoisotopic (exact) mass is 259 g/mol. The molecule has 1 aromatic carbocycles. The Hall–Kier alpha value is -0.900. The van der Waals surface area contributed by atoms with Crippen LogP contribution in [-0.2, 0) is 13.1 Å². The highest BCUT2D eigenvalue weighted by atomic mass is 15.1. The van der Waals surface area contributed by atoms with Gasteiger partial charge in [-0.05, 0) is 50.0 Å². The Bertz CT molecular complexity index is 374. The SMILES string of the molecule is c1ccc2c(c1)CN(CCCNC1CCNCC1)C2. The van der Waals surface area contributed by atoms with E-state index in [1.54, 1.807) is 0 Å². The van der Waals surface area contributed by atoms with E-state index in [1.807, 2.05) is 0 Å². The molecule has 1 saturated heterocycles. The molecule has 19 heavy (non-hydrogen) atoms. The molecule has 2 heterocycles. The molecular formula is C16H25N3. The molecule has 0 bridgehead atoms. The fourth-order valence-electron chi connectivity index (χ4n) is 3.20. The Morgan fingerprint density at radius 2 is 1.79 bits per heavy atom. The van der Waals surface area contributed by atoms with Gasteiger partial charge in [0.1, 0.15) is 0 Å². The lowest BCUT2D eigenvalue weighted by Gasteiger charge is -2.24. The van der Waals surface area contributed by atoms with Gasteiger partial charge in [0.15, 0.2) is 0 Å². The topological polar surface area (TPSA) is 27.3 Å². The van der Waals surface area contributed by atoms with Crippen LogP contribution in [0.15, 0.2) is 24.3 Å². The Labute approximate surface area is 116 Å². The van der Waals surface area contributed by atoms with E-state index in [9.17, 15) is 0 Å². The lowest BCUT2D eigenvalue weighted by atomic mass is 10.1. The first-order valence-corrected chi connectivity index (χ1v) is 7.65. The van der Waals surface area contributed by atoms with Gasteiger partial charge in [-0.1, -0.05) is 24.3 Å². The van der Waals surface area contributed by atoms with Gasteiger partial charge in [0.25, 0.3) is 0 Å². The molecule has 0 atom stereocenters. The van der Waals surface area contributed by atoms with Crippen LogP contribution in [0.25, 0.3) is 0 Å². The van der Waals surface area contributed by atoms with Crippen LogP contribution >= 0.6 is 0 Å². The maximum Gasteiger partial charge on any atom is 0.0240 e. The number of hydrogen-bond acceptors (Lipinski definition) is 3. The molecule has 0 radical (unpaired) electrons. The average molecular weight is 259 g/mol. The van der Waals surface area contributed by atoms with Crippen molar-refractivity contribution < 1.29 is 0 Å². The number of benzene rings is 1. The van der Waals surface area contributed by atoms with Gasteiger partial charge in [0, 0.05) is 25.7 Å². The molecule has 3 nitrogen and oxygen atoms in total. The van der Waals surface area contributed by atoms with Crippen molar-refractivity contribution in [1.29, 1.82) is 0 Å². The zero-order valence-corrected chi connectivity index (χ0v) is 11.7. The van der Waals surface area contributed by atoms with Crippen molar-refractivity contribution in [2.24, 2.45) is 0 Å². The maximum absolute atomic E-state index is 3.70. The highest BCUT2D eigenvalue weighted by Crippen LogP contribution is 2.21. The number of nitrogens with one attached hydrogen (secondary N) is 2. The van der Waals surface area contributed by atoms with Crippen molar-refractivity contribution in [3.8, 4) is 0 Å². The van der Waals surface area contributed by atoms with E-state index < -0.39 is 0 Å². The van der Waals surface area contributed by atoms with E-state index in [4.69, 9.17) is 0 Å². The molecule has 3 heteroatoms. The number of fused-ring (bicyclic) bond motifs is 1. The smallest absolute Gasteiger partial charge is 0.0240 e. The maximum atomic E-state index is 3.70. The van der Waals surface area contributed by atoms with Crippen LogP contribution in [0.3, 0.4) is 0 Å². The summed E-state index contributed by atoms with van der Waals surface area (Å²) in [5.74, 6) is 0. The van der Waals surface area contributed by atoms with E-state index in [0.717, 1.165) is 25.7 Å². The van der Waals surface area contributed by atoms with Crippen LogP contribution < -0.4 is 10.6 Å². The second kappa shape index (κ2) is 6.51. The summed E-state index contributed by atoms with van der Waals surface area (Å²) in [4.78, 5) is 2.56. The molecule has 0 unspecified atom stereocenters. The third-order valence-corrected chi connectivity index (χ3v) is 4.33. The van der Waals surface area contributed by atoms with Gasteiger partial charge in [-0.15, -0.1) is 0 Å². The van der Waals surface area contributed by atoms with Gasteiger partial charge in [-0.25, -0.2) is 0 Å². The largest absolute Gasteiger partial charge is 0.317 e. The first kappa shape index (κ1) is 13.1. The predicted molar refractivity (Wildman–Crippen MR) is 79.1 cm³/mol. The van der Waals surface area contributed by atoms with Gasteiger partial charge in [-0.3, -0.25) is 4.90 Å². The molecule has 0 spiro atoms. The van der Waals surface area contributed by atoms with Crippen LogP contribution in [0.5, 0.6) is 0 Å². The Kier molecular flexibility index (Phi) is 4.49. The van der Waals surface area contributed by atoms with Crippen LogP contribution in [0.2, 0.25) is 0 Å². The van der Waals surface area contributed by atoms with Crippen molar-refractivity contribution in [3.05, 3.63) is 35.4 Å². The Morgan fingerprint density at radius 1 is 1.11 bits per heavy atom. The van der Waals surface area contributed by atoms with E-state index in [-0.39, 0.29) is 0 Å². The van der Waals surface area contributed by atoms with E-state index in [2.05, 4.69) is 39.8 Å². The molecule has 0 aliphatic carbocycles. The van der Waals surface area contributed by atoms with Gasteiger partial charge < -0.3 is 10.6 Å². The lowest BCUT2D eigenvalue weighted by molar-refractivity contribution is 0.274. The van der Waals surface area contributed by atoms with Crippen molar-refractivity contribution in [2.45, 2.75) is 38.4 Å². The first-order chi connectivity index (χ1) is 9.42. The Balaban J connectivity index is 1.33. The number of piperidine rings is 1. The number of rotatable bonds is 5. The minimum Gasteiger partial charge on any atom is -0.317 e. The molecule has 1 fully saturated rings. The average Bonchev–Trinajstić information content (AvgIpc) is 2.87. The molecule has 2 aliphatic rings. The fraction of sp³-hybridized carbons (Fsp3) is 0.625. The summed E-state index contributed by atoms with van der Waals surface area (Å²) < 4.78 is 0. The normalized spacial score (nSPS) is 20.6. The van der Waals surface area contributed by atoms with E-state index in [0.29, 0.717) is 0 Å². The van der Waals surface area contributed by atoms with Gasteiger partial charge in [-0.2, -0.15) is 0 Å². The summed E-state index contributed by atoms with van der Waals surface area (Å²) in [6.07, 6.45) is 3.84. The third-order valence-electron chi connectivity index (χ3n) is 4.33. The molecule has 104 valence electrons. The highest BCUT2D eigenvalue weighted by Gasteiger charge is 2.17. The second-order valence-corrected chi connectivity index (χ2v) is 5.81. The second-order valence-electron chi connectivity index (χ2n) is 5.81. The fourth-order valence-corrected chi connectivity index (χ4v) is 3.20. The standard InChI is InChI=1S/C16H25N3/c1-2-5-15-13-19(12-14(15)4-1)11-3-8-18-16-6-9-17-10-7-16/h1-2,4-5,16-18H,3,6-13H2. The van der Waals surface area contributed by atoms with Crippen LogP contribution in [-0.4, -0.2) is 37.1 Å². The van der Waals surface area contributed by atoms with E-state index in [1.165, 1.54) is 50.0 Å². The Morgan fingerprint density at radius 3 is 2.47 bits per heavy atom. The zero-order chi connectivity index (χ0) is 12.9. The molecule has 1 aromatic rings. The summed E-state index contributed by atoms with van der Waals surface area (Å²) in [5.41, 5.74) is 3.04. The molecule has 0 saturated carbocycles. The van der Waals surface area contributed by atoms with Crippen molar-refractivity contribution in [2.75, 3.05) is 26.2 Å². The summed E-state index contributed by atoms with van der Waals surface area (Å²) >= 11 is 0. The van der Waals surface area contributed by atoms with Crippen LogP contribution in [0.4, 0.5) is 0 Å². The minimum atomic E-state index is 0.747. The van der Waals surface area contributed by atoms with Gasteiger partial charge in [0.2, 0.25) is 0 Å². The summed E-state index contributed by atoms with van der Waals surface area (Å²) in [5, 5.41) is 7.11. The number of nitrogens with zero attached hydrogens (tertiary/aromatic N) is 1. The molecular weight excluding hydrogens is 234 g/mol. The van der Waals surface area contributed by atoms with E-state index >= 15 is 0 Å². The van der Waals surface area contributed by atoms with Crippen LogP contribution in [0.1, 0.15) is 30.4 Å². The molecule has 0 amide bonds. The highest BCUT2D eigenvalue weighted by molar-refractivity contribution is 5.30. The third kappa shape index (κ3) is 3.56. The van der Waals surface area contributed by atoms with Crippen LogP contribution in [0, 0.1) is 0 Å². The quantitative estimate of drug-likeness (QED) is 0.789. The van der Waals surface area contributed by atoms with Crippen molar-refractivity contribution >= 4 is 0 Å². The lowest BCUT2D eigenvalue weighted by Crippen LogP contribution is -2.40. The van der Waals surface area contributed by atoms with Gasteiger partial charge >= 0.3 is 0 Å². The molecule has 0 aromatic heterocycles. The minimum absolute atomic E-state index is 0.747. The summed E-state index contributed by atoms with van der Waals surface area (Å²) in [6, 6.07) is 9.59. The first-order valence-electron chi connectivity index (χ1n) is 7.65. The predicted octanol–water partition coefficient (Wildman–Crippen LogP) is 1.73. The molecule has 2 aliphatic heterocycles. The zero-order valence-electron chi connectivity index (χ0n) is 11.7.